The number of hydrogen-bond donors (Lipinski definition) is 1. The number of carbonyl (C=O) groups excluding carboxylic acids is 1. The third-order valence-corrected chi connectivity index (χ3v) is 7.32. The zero-order valence-electron chi connectivity index (χ0n) is 16.4. The molecule has 28 heavy (non-hydrogen) atoms. The summed E-state index contributed by atoms with van der Waals surface area (Å²) in [6.45, 7) is 3.94. The van der Waals surface area contributed by atoms with Crippen LogP contribution in [0.15, 0.2) is 29.2 Å². The molecule has 1 aromatic rings. The summed E-state index contributed by atoms with van der Waals surface area (Å²) in [5, 5.41) is 2.97. The lowest BCUT2D eigenvalue weighted by atomic mass is 9.89. The number of amides is 1. The molecule has 1 heterocycles. The van der Waals surface area contributed by atoms with Gasteiger partial charge in [0.2, 0.25) is 10.0 Å². The van der Waals surface area contributed by atoms with Crippen molar-refractivity contribution >= 4 is 15.9 Å². The molecule has 0 radical (unpaired) electrons. The minimum Gasteiger partial charge on any atom is -0.481 e. The van der Waals surface area contributed by atoms with Crippen molar-refractivity contribution in [2.75, 3.05) is 32.8 Å². The second-order valence-corrected chi connectivity index (χ2v) is 9.44. The Morgan fingerprint density at radius 3 is 2.46 bits per heavy atom. The molecule has 156 valence electrons. The molecule has 0 bridgehead atoms. The molecule has 2 fully saturated rings. The second kappa shape index (κ2) is 9.71. The summed E-state index contributed by atoms with van der Waals surface area (Å²) in [5.41, 5.74) is 0. The van der Waals surface area contributed by atoms with Gasteiger partial charge in [-0.25, -0.2) is 8.42 Å². The molecule has 0 spiro atoms. The summed E-state index contributed by atoms with van der Waals surface area (Å²) in [5.74, 6) is 0.895. The maximum atomic E-state index is 12.6. The topological polar surface area (TPSA) is 84.9 Å². The standard InChI is InChI=1S/C20H30N2O5S/c1-16(20(23)21-15-17-5-3-2-4-6-17)27-18-7-9-19(10-8-18)28(24,25)22-11-13-26-14-12-22/h7-10,16-17H,2-6,11-15H2,1H3,(H,21,23)/t16-/m0/s1. The third-order valence-electron chi connectivity index (χ3n) is 5.40. The predicted octanol–water partition coefficient (Wildman–Crippen LogP) is 2.17. The van der Waals surface area contributed by atoms with Crippen LogP contribution in [0.5, 0.6) is 5.75 Å². The summed E-state index contributed by atoms with van der Waals surface area (Å²) in [4.78, 5) is 12.5. The zero-order valence-corrected chi connectivity index (χ0v) is 17.2. The van der Waals surface area contributed by atoms with E-state index in [2.05, 4.69) is 5.32 Å². The first kappa shape index (κ1) is 21.1. The molecule has 3 rings (SSSR count). The molecular weight excluding hydrogens is 380 g/mol. The Hall–Kier alpha value is -1.64. The van der Waals surface area contributed by atoms with Crippen molar-refractivity contribution < 1.29 is 22.7 Å². The van der Waals surface area contributed by atoms with E-state index in [1.54, 1.807) is 19.1 Å². The van der Waals surface area contributed by atoms with Crippen molar-refractivity contribution in [1.82, 2.24) is 9.62 Å². The quantitative estimate of drug-likeness (QED) is 0.745. The number of benzene rings is 1. The van der Waals surface area contributed by atoms with E-state index >= 15 is 0 Å². The maximum Gasteiger partial charge on any atom is 0.260 e. The van der Waals surface area contributed by atoms with Crippen LogP contribution >= 0.6 is 0 Å². The van der Waals surface area contributed by atoms with Crippen molar-refractivity contribution in [3.63, 3.8) is 0 Å². The fraction of sp³-hybridized carbons (Fsp3) is 0.650. The second-order valence-electron chi connectivity index (χ2n) is 7.50. The normalized spacial score (nSPS) is 20.5. The smallest absolute Gasteiger partial charge is 0.260 e. The van der Waals surface area contributed by atoms with Gasteiger partial charge in [-0.2, -0.15) is 4.31 Å². The van der Waals surface area contributed by atoms with Crippen LogP contribution in [0.2, 0.25) is 0 Å². The first-order valence-electron chi connectivity index (χ1n) is 10.1. The van der Waals surface area contributed by atoms with Gasteiger partial charge in [0, 0.05) is 19.6 Å². The lowest BCUT2D eigenvalue weighted by Gasteiger charge is -2.26. The van der Waals surface area contributed by atoms with Gasteiger partial charge in [-0.15, -0.1) is 0 Å². The molecule has 1 amide bonds. The largest absolute Gasteiger partial charge is 0.481 e. The van der Waals surface area contributed by atoms with Gasteiger partial charge in [-0.1, -0.05) is 19.3 Å². The lowest BCUT2D eigenvalue weighted by Crippen LogP contribution is -2.40. The number of nitrogens with zero attached hydrogens (tertiary/aromatic N) is 1. The Kier molecular flexibility index (Phi) is 7.31. The molecule has 0 unspecified atom stereocenters. The van der Waals surface area contributed by atoms with Crippen LogP contribution in [-0.2, 0) is 19.6 Å². The molecule has 1 N–H and O–H groups in total. The Labute approximate surface area is 167 Å². The van der Waals surface area contributed by atoms with E-state index < -0.39 is 16.1 Å². The molecule has 2 aliphatic rings. The van der Waals surface area contributed by atoms with Crippen molar-refractivity contribution in [3.05, 3.63) is 24.3 Å². The SMILES string of the molecule is C[C@H](Oc1ccc(S(=O)(=O)N2CCOCC2)cc1)C(=O)NCC1CCCCC1. The number of nitrogens with one attached hydrogen (secondary N) is 1. The lowest BCUT2D eigenvalue weighted by molar-refractivity contribution is -0.127. The van der Waals surface area contributed by atoms with Gasteiger partial charge < -0.3 is 14.8 Å². The molecule has 1 atom stereocenters. The third kappa shape index (κ3) is 5.46. The van der Waals surface area contributed by atoms with Gasteiger partial charge in [0.25, 0.3) is 5.91 Å². The summed E-state index contributed by atoms with van der Waals surface area (Å²) >= 11 is 0. The summed E-state index contributed by atoms with van der Waals surface area (Å²) in [6, 6.07) is 6.23. The van der Waals surface area contributed by atoms with E-state index in [1.165, 1.54) is 48.5 Å². The van der Waals surface area contributed by atoms with E-state index in [0.717, 1.165) is 0 Å². The Morgan fingerprint density at radius 1 is 1.18 bits per heavy atom. The van der Waals surface area contributed by atoms with Gasteiger partial charge in [0.1, 0.15) is 5.75 Å². The van der Waals surface area contributed by atoms with Gasteiger partial charge in [0.05, 0.1) is 18.1 Å². The van der Waals surface area contributed by atoms with Crippen LogP contribution in [0.25, 0.3) is 0 Å². The van der Waals surface area contributed by atoms with Crippen molar-refractivity contribution in [2.45, 2.75) is 50.0 Å². The van der Waals surface area contributed by atoms with Crippen molar-refractivity contribution in [3.8, 4) is 5.75 Å². The molecule has 1 aliphatic heterocycles. The summed E-state index contributed by atoms with van der Waals surface area (Å²) in [6.07, 6.45) is 5.49. The highest BCUT2D eigenvalue weighted by Crippen LogP contribution is 2.23. The Bertz CT molecular complexity index is 738. The highest BCUT2D eigenvalue weighted by atomic mass is 32.2. The molecule has 1 aromatic carbocycles. The molecule has 1 saturated heterocycles. The first-order valence-corrected chi connectivity index (χ1v) is 11.5. The van der Waals surface area contributed by atoms with Crippen molar-refractivity contribution in [2.24, 2.45) is 5.92 Å². The van der Waals surface area contributed by atoms with E-state index in [9.17, 15) is 13.2 Å². The van der Waals surface area contributed by atoms with Crippen LogP contribution in [0.3, 0.4) is 0 Å². The van der Waals surface area contributed by atoms with E-state index in [0.29, 0.717) is 44.5 Å². The van der Waals surface area contributed by atoms with Crippen molar-refractivity contribution in [1.29, 1.82) is 0 Å². The van der Waals surface area contributed by atoms with Gasteiger partial charge in [-0.3, -0.25) is 4.79 Å². The fourth-order valence-corrected chi connectivity index (χ4v) is 5.07. The predicted molar refractivity (Wildman–Crippen MR) is 106 cm³/mol. The molecule has 1 saturated carbocycles. The number of morpholine rings is 1. The number of hydrogen-bond acceptors (Lipinski definition) is 5. The maximum absolute atomic E-state index is 12.6. The zero-order chi connectivity index (χ0) is 20.0. The molecular formula is C20H30N2O5S. The highest BCUT2D eigenvalue weighted by Gasteiger charge is 2.26. The average molecular weight is 411 g/mol. The summed E-state index contributed by atoms with van der Waals surface area (Å²) in [7, 11) is -3.53. The minimum absolute atomic E-state index is 0.143. The van der Waals surface area contributed by atoms with Gasteiger partial charge >= 0.3 is 0 Å². The average Bonchev–Trinajstić information content (AvgIpc) is 2.73. The van der Waals surface area contributed by atoms with Gasteiger partial charge in [0.15, 0.2) is 6.10 Å². The van der Waals surface area contributed by atoms with E-state index in [4.69, 9.17) is 9.47 Å². The van der Waals surface area contributed by atoms with Crippen LogP contribution in [0.1, 0.15) is 39.0 Å². The minimum atomic E-state index is -3.53. The van der Waals surface area contributed by atoms with E-state index in [1.807, 2.05) is 0 Å². The Morgan fingerprint density at radius 2 is 1.82 bits per heavy atom. The van der Waals surface area contributed by atoms with E-state index in [-0.39, 0.29) is 10.8 Å². The number of rotatable bonds is 7. The first-order chi connectivity index (χ1) is 13.5. The van der Waals surface area contributed by atoms with Crippen LogP contribution in [-0.4, -0.2) is 57.6 Å². The molecule has 7 nitrogen and oxygen atoms in total. The summed E-state index contributed by atoms with van der Waals surface area (Å²) < 4.78 is 37.6. The number of ether oxygens (including phenoxy) is 2. The fourth-order valence-electron chi connectivity index (χ4n) is 3.66. The molecule has 8 heteroatoms. The van der Waals surface area contributed by atoms with Crippen LogP contribution in [0, 0.1) is 5.92 Å². The van der Waals surface area contributed by atoms with Gasteiger partial charge in [-0.05, 0) is 49.9 Å². The van der Waals surface area contributed by atoms with Crippen LogP contribution in [0.4, 0.5) is 0 Å². The number of sulfonamides is 1. The monoisotopic (exact) mass is 410 g/mol. The van der Waals surface area contributed by atoms with Crippen LogP contribution < -0.4 is 10.1 Å². The number of carbonyl (C=O) groups is 1. The Balaban J connectivity index is 1.52. The molecule has 1 aliphatic carbocycles. The molecule has 0 aromatic heterocycles. The highest BCUT2D eigenvalue weighted by molar-refractivity contribution is 7.89.